The number of anilines is 10. The largest absolute Gasteiger partial charge is 0.386 e. The molecule has 8 aromatic rings. The maximum atomic E-state index is 10.7. The van der Waals surface area contributed by atoms with Crippen LogP contribution in [-0.2, 0) is 21.8 Å². The Morgan fingerprint density at radius 2 is 0.955 bits per heavy atom. The normalized spacial score (nSPS) is 15.3. The average Bonchev–Trinajstić information content (AvgIpc) is 3.30. The number of aromatic nitrogens is 2. The van der Waals surface area contributed by atoms with Crippen LogP contribution in [0.15, 0.2) is 176 Å². The molecular weight excluding hydrogens is 809 g/mol. The number of hydrogen-bond donors (Lipinski definition) is 3. The van der Waals surface area contributed by atoms with Gasteiger partial charge in [-0.2, -0.15) is 0 Å². The summed E-state index contributed by atoms with van der Waals surface area (Å²) in [7, 11) is 0. The Kier molecular flexibility index (Phi) is 10.9. The van der Waals surface area contributed by atoms with Gasteiger partial charge in [0, 0.05) is 57.0 Å². The van der Waals surface area contributed by atoms with Gasteiger partial charge in [0.2, 0.25) is 0 Å². The lowest BCUT2D eigenvalue weighted by atomic mass is 9.69. The first kappa shape index (κ1) is 44.0. The summed E-state index contributed by atoms with van der Waals surface area (Å²) in [5.41, 5.74) is 16.2. The molecule has 3 aliphatic heterocycles. The van der Waals surface area contributed by atoms with E-state index in [1.165, 1.54) is 56.1 Å². The molecule has 0 radical (unpaired) electrons. The minimum Gasteiger partial charge on any atom is -0.386 e. The molecule has 0 bridgehead atoms. The zero-order valence-corrected chi connectivity index (χ0v) is 38.5. The van der Waals surface area contributed by atoms with Gasteiger partial charge in [-0.25, -0.2) is 9.97 Å². The van der Waals surface area contributed by atoms with E-state index in [9.17, 15) is 5.11 Å². The Hall–Kier alpha value is -7.22. The van der Waals surface area contributed by atoms with Crippen LogP contribution in [0.2, 0.25) is 0 Å². The fraction of sp³-hybridized carbons (Fsp3) is 0.220. The number of para-hydroxylation sites is 4. The second-order valence-electron chi connectivity index (χ2n) is 19.5. The topological polar surface area (TPSA) is 76.6 Å². The second kappa shape index (κ2) is 16.3. The zero-order chi connectivity index (χ0) is 45.3. The SMILES string of the molecule is C.CC(C)(O)c1ccccc1Nc1ccc2c(c1)N(c1ccccn1)c1ccccc1C2(C)C.CC1(C)c2ccccc2Nc2cc3c(cc21)C(C)(C)c1ccccc1N3c1ccccn1. The van der Waals surface area contributed by atoms with Crippen molar-refractivity contribution in [2.24, 2.45) is 0 Å². The molecule has 0 atom stereocenters. The number of hydrogen-bond acceptors (Lipinski definition) is 7. The lowest BCUT2D eigenvalue weighted by Gasteiger charge is -2.44. The standard InChI is InChI=1S/C29H29N3O.C29H27N3.CH4/c1-28(2)22-12-6-8-14-25(22)32(27-15-9-10-18-30-27)26-19-20(16-17-23(26)28)31-24-13-7-5-11-21(24)29(3,4)33;1-28(2)19-11-5-7-13-23(19)31-24-18-26-22(17-21(24)28)29(3,4)20-12-6-8-14-25(20)32(26)27-15-9-10-16-30-27;/h5-19,31,33H,1-4H3;5-18,31H,1-4H3;1H4. The predicted molar refractivity (Wildman–Crippen MR) is 276 cm³/mol. The third kappa shape index (κ3) is 7.28. The summed E-state index contributed by atoms with van der Waals surface area (Å²) in [6.07, 6.45) is 3.70. The molecular formula is C59H60N6O. The second-order valence-corrected chi connectivity index (χ2v) is 19.5. The molecule has 3 aliphatic rings. The van der Waals surface area contributed by atoms with Crippen molar-refractivity contribution in [2.75, 3.05) is 20.4 Å². The van der Waals surface area contributed by atoms with Crippen LogP contribution in [0.1, 0.15) is 102 Å². The molecule has 2 aromatic heterocycles. The molecule has 7 nitrogen and oxygen atoms in total. The number of fused-ring (bicyclic) bond motifs is 6. The number of nitrogens with one attached hydrogen (secondary N) is 2. The Balaban J connectivity index is 0.000000163. The number of benzene rings is 6. The molecule has 6 aromatic carbocycles. The number of aliphatic hydroxyl groups is 1. The monoisotopic (exact) mass is 868 g/mol. The zero-order valence-electron chi connectivity index (χ0n) is 38.5. The van der Waals surface area contributed by atoms with Crippen molar-refractivity contribution in [3.05, 3.63) is 215 Å². The molecule has 0 aliphatic carbocycles. The van der Waals surface area contributed by atoms with Crippen LogP contribution in [0.5, 0.6) is 0 Å². The van der Waals surface area contributed by atoms with E-state index < -0.39 is 5.60 Å². The van der Waals surface area contributed by atoms with Crippen LogP contribution in [-0.4, -0.2) is 15.1 Å². The summed E-state index contributed by atoms with van der Waals surface area (Å²) < 4.78 is 0. The van der Waals surface area contributed by atoms with Gasteiger partial charge in [0.25, 0.3) is 0 Å². The first-order chi connectivity index (χ1) is 31.2. The maximum Gasteiger partial charge on any atom is 0.137 e. The van der Waals surface area contributed by atoms with Gasteiger partial charge in [-0.1, -0.05) is 140 Å². The molecule has 0 fully saturated rings. The highest BCUT2D eigenvalue weighted by Gasteiger charge is 2.42. The van der Waals surface area contributed by atoms with Crippen LogP contribution in [0.4, 0.5) is 57.1 Å². The van der Waals surface area contributed by atoms with Crippen molar-refractivity contribution >= 4 is 57.1 Å². The molecule has 11 rings (SSSR count). The molecule has 0 saturated carbocycles. The summed E-state index contributed by atoms with van der Waals surface area (Å²) in [5, 5.41) is 17.9. The first-order valence-electron chi connectivity index (χ1n) is 22.6. The lowest BCUT2D eigenvalue weighted by Crippen LogP contribution is -2.33. The van der Waals surface area contributed by atoms with E-state index in [0.717, 1.165) is 39.9 Å². The fourth-order valence-corrected chi connectivity index (χ4v) is 10.3. The third-order valence-electron chi connectivity index (χ3n) is 13.8. The van der Waals surface area contributed by atoms with Gasteiger partial charge in [0.1, 0.15) is 11.6 Å². The Bertz CT molecular complexity index is 3080. The van der Waals surface area contributed by atoms with Crippen LogP contribution >= 0.6 is 0 Å². The van der Waals surface area contributed by atoms with Gasteiger partial charge >= 0.3 is 0 Å². The van der Waals surface area contributed by atoms with E-state index in [-0.39, 0.29) is 23.7 Å². The van der Waals surface area contributed by atoms with Crippen molar-refractivity contribution < 1.29 is 5.11 Å². The summed E-state index contributed by atoms with van der Waals surface area (Å²) in [5.74, 6) is 1.82. The minimum atomic E-state index is -0.946. The van der Waals surface area contributed by atoms with Crippen LogP contribution < -0.4 is 20.4 Å². The van der Waals surface area contributed by atoms with Crippen molar-refractivity contribution in [3.8, 4) is 0 Å². The maximum absolute atomic E-state index is 10.7. The van der Waals surface area contributed by atoms with Gasteiger partial charge in [-0.05, 0) is 120 Å². The van der Waals surface area contributed by atoms with E-state index in [4.69, 9.17) is 4.98 Å². The van der Waals surface area contributed by atoms with E-state index in [1.807, 2.05) is 74.8 Å². The van der Waals surface area contributed by atoms with E-state index >= 15 is 0 Å². The van der Waals surface area contributed by atoms with Crippen molar-refractivity contribution in [2.45, 2.75) is 84.7 Å². The molecule has 0 spiro atoms. The van der Waals surface area contributed by atoms with Gasteiger partial charge < -0.3 is 15.7 Å². The molecule has 5 heterocycles. The summed E-state index contributed by atoms with van der Waals surface area (Å²) in [4.78, 5) is 14.0. The van der Waals surface area contributed by atoms with Gasteiger partial charge in [0.15, 0.2) is 0 Å². The highest BCUT2D eigenvalue weighted by molar-refractivity contribution is 5.90. The van der Waals surface area contributed by atoms with Crippen molar-refractivity contribution in [1.82, 2.24) is 9.97 Å². The highest BCUT2D eigenvalue weighted by Crippen LogP contribution is 2.56. The van der Waals surface area contributed by atoms with Crippen molar-refractivity contribution in [1.29, 1.82) is 0 Å². The molecule has 332 valence electrons. The van der Waals surface area contributed by atoms with Gasteiger partial charge in [0.05, 0.1) is 28.4 Å². The summed E-state index contributed by atoms with van der Waals surface area (Å²) >= 11 is 0. The molecule has 0 amide bonds. The van der Waals surface area contributed by atoms with E-state index in [1.54, 1.807) is 0 Å². The Morgan fingerprint density at radius 3 is 1.55 bits per heavy atom. The third-order valence-corrected chi connectivity index (χ3v) is 13.8. The average molecular weight is 869 g/mol. The Morgan fingerprint density at radius 1 is 0.470 bits per heavy atom. The number of rotatable bonds is 5. The molecule has 66 heavy (non-hydrogen) atoms. The Labute approximate surface area is 390 Å². The quantitative estimate of drug-likeness (QED) is 0.159. The molecule has 0 unspecified atom stereocenters. The number of nitrogens with zero attached hydrogens (tertiary/aromatic N) is 4. The first-order valence-corrected chi connectivity index (χ1v) is 22.6. The van der Waals surface area contributed by atoms with Gasteiger partial charge in [-0.3, -0.25) is 9.80 Å². The number of pyridine rings is 2. The van der Waals surface area contributed by atoms with Crippen LogP contribution in [0, 0.1) is 0 Å². The summed E-state index contributed by atoms with van der Waals surface area (Å²) in [6, 6.07) is 57.2. The minimum absolute atomic E-state index is 0. The van der Waals surface area contributed by atoms with Crippen LogP contribution in [0.25, 0.3) is 0 Å². The molecule has 0 saturated heterocycles. The fourth-order valence-electron chi connectivity index (χ4n) is 10.3. The smallest absolute Gasteiger partial charge is 0.137 e. The molecule has 7 heteroatoms. The van der Waals surface area contributed by atoms with Crippen LogP contribution in [0.3, 0.4) is 0 Å². The van der Waals surface area contributed by atoms with Crippen molar-refractivity contribution in [3.63, 3.8) is 0 Å². The van der Waals surface area contributed by atoms with E-state index in [0.29, 0.717) is 0 Å². The lowest BCUT2D eigenvalue weighted by molar-refractivity contribution is 0.0794. The van der Waals surface area contributed by atoms with E-state index in [2.05, 4.69) is 182 Å². The molecule has 3 N–H and O–H groups in total. The predicted octanol–water partition coefficient (Wildman–Crippen LogP) is 15.4. The highest BCUT2D eigenvalue weighted by atomic mass is 16.3. The summed E-state index contributed by atoms with van der Waals surface area (Å²) in [6.45, 7) is 17.5. The van der Waals surface area contributed by atoms with Gasteiger partial charge in [-0.15, -0.1) is 0 Å².